The van der Waals surface area contributed by atoms with Crippen LogP contribution in [0.4, 0.5) is 0 Å². The average molecular weight is 407 g/mol. The maximum absolute atomic E-state index is 12.1. The van der Waals surface area contributed by atoms with Crippen molar-refractivity contribution < 1.29 is 33.3 Å². The van der Waals surface area contributed by atoms with Crippen LogP contribution < -0.4 is 5.73 Å². The van der Waals surface area contributed by atoms with E-state index in [1.54, 1.807) is 6.92 Å². The Morgan fingerprint density at radius 2 is 1.90 bits per heavy atom. The number of hydrogen-bond donors (Lipinski definition) is 1. The summed E-state index contributed by atoms with van der Waals surface area (Å²) >= 11 is 0. The molecule has 8 nitrogen and oxygen atoms in total. The third-order valence-electron chi connectivity index (χ3n) is 5.08. The highest BCUT2D eigenvalue weighted by Gasteiger charge is 2.50. The molecule has 6 atom stereocenters. The Kier molecular flexibility index (Phi) is 7.60. The van der Waals surface area contributed by atoms with Gasteiger partial charge in [-0.15, -0.1) is 0 Å². The number of primary amides is 1. The molecule has 2 aliphatic rings. The van der Waals surface area contributed by atoms with Crippen molar-refractivity contribution in [3.8, 4) is 0 Å². The number of benzene rings is 1. The molecule has 0 radical (unpaired) electrons. The monoisotopic (exact) mass is 407 g/mol. The first-order chi connectivity index (χ1) is 14.0. The Balaban J connectivity index is 1.84. The maximum atomic E-state index is 12.1. The molecule has 0 aromatic heterocycles. The topological polar surface area (TPSA) is 106 Å². The summed E-state index contributed by atoms with van der Waals surface area (Å²) in [5, 5.41) is 0. The molecule has 2 heterocycles. The third-order valence-corrected chi connectivity index (χ3v) is 5.08. The molecule has 3 unspecified atom stereocenters. The summed E-state index contributed by atoms with van der Waals surface area (Å²) < 4.78 is 29.2. The van der Waals surface area contributed by atoms with E-state index in [0.29, 0.717) is 13.0 Å². The molecule has 3 rings (SSSR count). The number of rotatable bonds is 7. The first-order valence-corrected chi connectivity index (χ1v) is 10.0. The summed E-state index contributed by atoms with van der Waals surface area (Å²) in [5.74, 6) is -1.13. The molecular formula is C21H29NO7. The van der Waals surface area contributed by atoms with Crippen molar-refractivity contribution in [3.63, 3.8) is 0 Å². The Hall–Kier alpha value is -2.00. The maximum Gasteiger partial charge on any atom is 0.303 e. The first-order valence-electron chi connectivity index (χ1n) is 10.0. The lowest BCUT2D eigenvalue weighted by molar-refractivity contribution is -0.286. The summed E-state index contributed by atoms with van der Waals surface area (Å²) in [5.41, 5.74) is 6.53. The van der Waals surface area contributed by atoms with Gasteiger partial charge in [0.15, 0.2) is 18.5 Å². The fourth-order valence-electron chi connectivity index (χ4n) is 3.69. The van der Waals surface area contributed by atoms with Gasteiger partial charge in [0.25, 0.3) is 0 Å². The van der Waals surface area contributed by atoms with Gasteiger partial charge in [-0.25, -0.2) is 0 Å². The van der Waals surface area contributed by atoms with Gasteiger partial charge in [0, 0.05) is 13.5 Å². The van der Waals surface area contributed by atoms with Crippen molar-refractivity contribution in [2.75, 3.05) is 6.61 Å². The van der Waals surface area contributed by atoms with E-state index in [0.717, 1.165) is 18.4 Å². The average Bonchev–Trinajstić information content (AvgIpc) is 2.70. The molecular weight excluding hydrogens is 378 g/mol. The van der Waals surface area contributed by atoms with E-state index in [2.05, 4.69) is 0 Å². The molecule has 0 aliphatic carbocycles. The summed E-state index contributed by atoms with van der Waals surface area (Å²) in [6.07, 6.45) is -1.87. The van der Waals surface area contributed by atoms with E-state index in [9.17, 15) is 9.59 Å². The Bertz CT molecular complexity index is 677. The number of esters is 1. The fraction of sp³-hybridized carbons (Fsp3) is 0.619. The Morgan fingerprint density at radius 1 is 1.14 bits per heavy atom. The largest absolute Gasteiger partial charge is 0.457 e. The van der Waals surface area contributed by atoms with Gasteiger partial charge in [-0.3, -0.25) is 9.59 Å². The number of amides is 1. The van der Waals surface area contributed by atoms with Gasteiger partial charge in [0.2, 0.25) is 5.91 Å². The van der Waals surface area contributed by atoms with E-state index in [1.165, 1.54) is 6.92 Å². The number of hydrogen-bond acceptors (Lipinski definition) is 7. The quantitative estimate of drug-likeness (QED) is 0.686. The summed E-state index contributed by atoms with van der Waals surface area (Å²) in [6, 6.07) is 9.58. The van der Waals surface area contributed by atoms with Crippen LogP contribution in [0.15, 0.2) is 30.3 Å². The van der Waals surface area contributed by atoms with E-state index in [-0.39, 0.29) is 6.61 Å². The van der Waals surface area contributed by atoms with Crippen LogP contribution in [-0.2, 0) is 39.9 Å². The normalized spacial score (nSPS) is 32.5. The summed E-state index contributed by atoms with van der Waals surface area (Å²) in [4.78, 5) is 23.8. The molecule has 2 fully saturated rings. The van der Waals surface area contributed by atoms with Crippen molar-refractivity contribution in [1.82, 2.24) is 0 Å². The number of ether oxygens (including phenoxy) is 5. The smallest absolute Gasteiger partial charge is 0.303 e. The second-order valence-corrected chi connectivity index (χ2v) is 7.40. The van der Waals surface area contributed by atoms with Crippen molar-refractivity contribution in [1.29, 1.82) is 0 Å². The van der Waals surface area contributed by atoms with E-state index >= 15 is 0 Å². The lowest BCUT2D eigenvalue weighted by Crippen LogP contribution is -2.63. The lowest BCUT2D eigenvalue weighted by atomic mass is 9.94. The second-order valence-electron chi connectivity index (χ2n) is 7.40. The minimum atomic E-state index is -1.04. The van der Waals surface area contributed by atoms with E-state index < -0.39 is 48.7 Å². The number of carbonyl (C=O) groups is 2. The zero-order valence-corrected chi connectivity index (χ0v) is 16.8. The minimum Gasteiger partial charge on any atom is -0.457 e. The van der Waals surface area contributed by atoms with Crippen LogP contribution in [0.5, 0.6) is 0 Å². The van der Waals surface area contributed by atoms with Crippen LogP contribution in [0.3, 0.4) is 0 Å². The van der Waals surface area contributed by atoms with Crippen LogP contribution in [0.1, 0.15) is 38.7 Å². The van der Waals surface area contributed by atoms with Gasteiger partial charge >= 0.3 is 5.97 Å². The molecule has 0 saturated carbocycles. The van der Waals surface area contributed by atoms with Crippen LogP contribution in [0.25, 0.3) is 0 Å². The van der Waals surface area contributed by atoms with Crippen LogP contribution >= 0.6 is 0 Å². The molecule has 29 heavy (non-hydrogen) atoms. The fourth-order valence-corrected chi connectivity index (χ4v) is 3.69. The van der Waals surface area contributed by atoms with Gasteiger partial charge < -0.3 is 29.4 Å². The van der Waals surface area contributed by atoms with Gasteiger partial charge in [0.05, 0.1) is 12.7 Å². The molecule has 0 spiro atoms. The van der Waals surface area contributed by atoms with Gasteiger partial charge in [0.1, 0.15) is 12.2 Å². The Labute approximate surface area is 170 Å². The van der Waals surface area contributed by atoms with Crippen molar-refractivity contribution in [2.45, 2.75) is 76.5 Å². The number of nitrogens with two attached hydrogens (primary N) is 1. The molecule has 1 aromatic carbocycles. The highest BCUT2D eigenvalue weighted by atomic mass is 16.7. The van der Waals surface area contributed by atoms with E-state index in [1.807, 2.05) is 30.3 Å². The molecule has 1 aromatic rings. The zero-order valence-electron chi connectivity index (χ0n) is 16.8. The molecule has 2 aliphatic heterocycles. The zero-order chi connectivity index (χ0) is 20.8. The predicted octanol–water partition coefficient (Wildman–Crippen LogP) is 1.69. The Morgan fingerprint density at radius 3 is 2.52 bits per heavy atom. The molecule has 0 bridgehead atoms. The highest BCUT2D eigenvalue weighted by molar-refractivity contribution is 5.80. The predicted molar refractivity (Wildman–Crippen MR) is 103 cm³/mol. The standard InChI is InChI=1S/C21H29NO7/c1-13-17(28-14(2)23)18(26-12-15-8-4-3-5-9-15)19(20(27-13)21(22)24)29-16-10-6-7-11-25-16/h3-5,8-9,13,16-20H,6-7,10-12H2,1-2H3,(H2,22,24)/t13-,16?,17?,18+,19+,20?/m0/s1. The molecule has 2 N–H and O–H groups in total. The molecule has 8 heteroatoms. The number of carbonyl (C=O) groups excluding carboxylic acids is 2. The van der Waals surface area contributed by atoms with Gasteiger partial charge in [-0.2, -0.15) is 0 Å². The minimum absolute atomic E-state index is 0.257. The summed E-state index contributed by atoms with van der Waals surface area (Å²) in [6.45, 7) is 3.88. The van der Waals surface area contributed by atoms with E-state index in [4.69, 9.17) is 29.4 Å². The van der Waals surface area contributed by atoms with Gasteiger partial charge in [-0.1, -0.05) is 30.3 Å². The first kappa shape index (κ1) is 21.7. The molecule has 160 valence electrons. The van der Waals surface area contributed by atoms with Crippen LogP contribution in [-0.4, -0.2) is 55.3 Å². The van der Waals surface area contributed by atoms with Crippen molar-refractivity contribution >= 4 is 11.9 Å². The van der Waals surface area contributed by atoms with Crippen LogP contribution in [0, 0.1) is 0 Å². The van der Waals surface area contributed by atoms with Crippen molar-refractivity contribution in [3.05, 3.63) is 35.9 Å². The summed E-state index contributed by atoms with van der Waals surface area (Å²) in [7, 11) is 0. The second kappa shape index (κ2) is 10.2. The lowest BCUT2D eigenvalue weighted by Gasteiger charge is -2.45. The third kappa shape index (κ3) is 5.76. The SMILES string of the molecule is CC(=O)OC1[C@H](C)OC(C(N)=O)[C@H](OC2CCCCO2)[C@@H]1OCc1ccccc1. The molecule has 1 amide bonds. The van der Waals surface area contributed by atoms with Crippen molar-refractivity contribution in [2.24, 2.45) is 5.73 Å². The highest BCUT2D eigenvalue weighted by Crippen LogP contribution is 2.31. The van der Waals surface area contributed by atoms with Gasteiger partial charge in [-0.05, 0) is 31.7 Å². The molecule has 2 saturated heterocycles. The van der Waals surface area contributed by atoms with Crippen LogP contribution in [0.2, 0.25) is 0 Å².